The van der Waals surface area contributed by atoms with Gasteiger partial charge in [-0.25, -0.2) is 4.79 Å². The molecule has 0 amide bonds. The third-order valence-corrected chi connectivity index (χ3v) is 5.56. The number of cyclic esters (lactones) is 1. The zero-order valence-electron chi connectivity index (χ0n) is 13.2. The molecule has 0 bridgehead atoms. The topological polar surface area (TPSA) is 63.6 Å². The number of rotatable bonds is 6. The van der Waals surface area contributed by atoms with Crippen LogP contribution in [0.2, 0.25) is 0 Å². The number of ether oxygens (including phenoxy) is 1. The van der Waals surface area contributed by atoms with Crippen LogP contribution in [-0.2, 0) is 14.3 Å². The Kier molecular flexibility index (Phi) is 4.48. The number of hydrogen-bond donors (Lipinski definition) is 1. The van der Waals surface area contributed by atoms with Crippen molar-refractivity contribution in [3.8, 4) is 0 Å². The van der Waals surface area contributed by atoms with E-state index in [1.54, 1.807) is 11.8 Å². The molecular formula is C18H20O4S. The zero-order chi connectivity index (χ0) is 16.6. The minimum atomic E-state index is -0.683. The largest absolute Gasteiger partial charge is 0.507 e. The summed E-state index contributed by atoms with van der Waals surface area (Å²) in [6, 6.07) is 9.79. The third kappa shape index (κ3) is 3.15. The number of aliphatic hydroxyl groups excluding tert-OH is 1. The maximum absolute atomic E-state index is 12.6. The lowest BCUT2D eigenvalue weighted by atomic mass is 10.0. The summed E-state index contributed by atoms with van der Waals surface area (Å²) in [5, 5.41) is 10.5. The van der Waals surface area contributed by atoms with Crippen LogP contribution in [0.25, 0.3) is 0 Å². The first-order valence-corrected chi connectivity index (χ1v) is 9.07. The smallest absolute Gasteiger partial charge is 0.346 e. The van der Waals surface area contributed by atoms with Crippen LogP contribution in [-0.4, -0.2) is 34.5 Å². The van der Waals surface area contributed by atoms with Crippen molar-refractivity contribution in [2.75, 3.05) is 6.26 Å². The fourth-order valence-electron chi connectivity index (χ4n) is 3.03. The van der Waals surface area contributed by atoms with Crippen molar-refractivity contribution in [2.45, 2.75) is 37.0 Å². The molecule has 5 heteroatoms. The standard InChI is InChI=1S/C18H20O4S/c1-10(23-2)8-14-17(20)15(18(21)22-14)16(19)13-9-12(13)11-6-4-3-5-7-11/h3-7,10,12-14,20H,8-9H2,1-2H3/t10?,12-,13+,14?/m0/s1. The van der Waals surface area contributed by atoms with Crippen molar-refractivity contribution < 1.29 is 19.4 Å². The van der Waals surface area contributed by atoms with Gasteiger partial charge in [0.15, 0.2) is 17.6 Å². The molecule has 0 aromatic heterocycles. The summed E-state index contributed by atoms with van der Waals surface area (Å²) in [6.07, 6.45) is 2.52. The molecule has 1 saturated carbocycles. The van der Waals surface area contributed by atoms with E-state index in [4.69, 9.17) is 4.74 Å². The third-order valence-electron chi connectivity index (χ3n) is 4.56. The quantitative estimate of drug-likeness (QED) is 0.640. The van der Waals surface area contributed by atoms with Crippen LogP contribution >= 0.6 is 11.8 Å². The molecule has 2 aliphatic rings. The SMILES string of the molecule is CSC(C)CC1OC(=O)C(C(=O)[C@@H]2C[C@H]2c2ccccc2)=C1O. The number of esters is 1. The van der Waals surface area contributed by atoms with Crippen LogP contribution in [0.15, 0.2) is 41.7 Å². The van der Waals surface area contributed by atoms with Crippen LogP contribution in [0.5, 0.6) is 0 Å². The number of carbonyl (C=O) groups excluding carboxylic acids is 2. The Morgan fingerprint density at radius 3 is 2.74 bits per heavy atom. The molecule has 1 heterocycles. The molecule has 3 rings (SSSR count). The second-order valence-corrected chi connectivity index (χ2v) is 7.44. The number of ketones is 1. The molecule has 122 valence electrons. The molecule has 1 aromatic rings. The van der Waals surface area contributed by atoms with Gasteiger partial charge in [0, 0.05) is 17.6 Å². The summed E-state index contributed by atoms with van der Waals surface area (Å²) in [4.78, 5) is 24.6. The maximum Gasteiger partial charge on any atom is 0.346 e. The van der Waals surface area contributed by atoms with Crippen molar-refractivity contribution in [3.63, 3.8) is 0 Å². The molecule has 23 heavy (non-hydrogen) atoms. The summed E-state index contributed by atoms with van der Waals surface area (Å²) >= 11 is 1.63. The summed E-state index contributed by atoms with van der Waals surface area (Å²) in [5.74, 6) is -1.22. The van der Waals surface area contributed by atoms with Crippen molar-refractivity contribution in [3.05, 3.63) is 47.2 Å². The summed E-state index contributed by atoms with van der Waals surface area (Å²) in [7, 11) is 0. The average molecular weight is 332 g/mol. The van der Waals surface area contributed by atoms with Gasteiger partial charge in [-0.15, -0.1) is 0 Å². The van der Waals surface area contributed by atoms with Crippen molar-refractivity contribution in [1.82, 2.24) is 0 Å². The van der Waals surface area contributed by atoms with E-state index in [1.807, 2.05) is 43.5 Å². The zero-order valence-corrected chi connectivity index (χ0v) is 14.0. The van der Waals surface area contributed by atoms with Crippen LogP contribution < -0.4 is 0 Å². The Bertz CT molecular complexity index is 652. The molecule has 1 N–H and O–H groups in total. The monoisotopic (exact) mass is 332 g/mol. The fourth-order valence-corrected chi connectivity index (χ4v) is 3.40. The van der Waals surface area contributed by atoms with E-state index in [-0.39, 0.29) is 34.2 Å². The number of carbonyl (C=O) groups is 2. The molecule has 0 saturated heterocycles. The molecule has 1 aliphatic carbocycles. The van der Waals surface area contributed by atoms with Gasteiger partial charge in [-0.3, -0.25) is 4.79 Å². The van der Waals surface area contributed by atoms with E-state index in [9.17, 15) is 14.7 Å². The van der Waals surface area contributed by atoms with E-state index in [0.717, 1.165) is 12.0 Å². The Morgan fingerprint density at radius 2 is 2.09 bits per heavy atom. The second-order valence-electron chi connectivity index (χ2n) is 6.16. The number of benzene rings is 1. The molecule has 2 unspecified atom stereocenters. The fraction of sp³-hybridized carbons (Fsp3) is 0.444. The van der Waals surface area contributed by atoms with Crippen molar-refractivity contribution in [2.24, 2.45) is 5.92 Å². The van der Waals surface area contributed by atoms with Crippen LogP contribution in [0, 0.1) is 5.92 Å². The summed E-state index contributed by atoms with van der Waals surface area (Å²) in [6.45, 7) is 2.00. The van der Waals surface area contributed by atoms with Crippen molar-refractivity contribution >= 4 is 23.5 Å². The lowest BCUT2D eigenvalue weighted by Crippen LogP contribution is -2.16. The highest BCUT2D eigenvalue weighted by Crippen LogP contribution is 2.49. The van der Waals surface area contributed by atoms with Crippen LogP contribution in [0.3, 0.4) is 0 Å². The van der Waals surface area contributed by atoms with Crippen LogP contribution in [0.1, 0.15) is 31.2 Å². The minimum Gasteiger partial charge on any atom is -0.507 e. The van der Waals surface area contributed by atoms with E-state index in [1.165, 1.54) is 0 Å². The van der Waals surface area contributed by atoms with Gasteiger partial charge < -0.3 is 9.84 Å². The van der Waals surface area contributed by atoms with Gasteiger partial charge in [0.1, 0.15) is 5.57 Å². The van der Waals surface area contributed by atoms with E-state index < -0.39 is 12.1 Å². The molecule has 0 radical (unpaired) electrons. The maximum atomic E-state index is 12.6. The predicted octanol–water partition coefficient (Wildman–Crippen LogP) is 3.24. The van der Waals surface area contributed by atoms with Gasteiger partial charge in [-0.1, -0.05) is 37.3 Å². The van der Waals surface area contributed by atoms with E-state index >= 15 is 0 Å². The Hall–Kier alpha value is -1.75. The molecule has 1 fully saturated rings. The highest BCUT2D eigenvalue weighted by molar-refractivity contribution is 7.99. The molecule has 4 nitrogen and oxygen atoms in total. The highest BCUT2D eigenvalue weighted by Gasteiger charge is 2.49. The Balaban J connectivity index is 1.73. The molecule has 0 spiro atoms. The van der Waals surface area contributed by atoms with Gasteiger partial charge in [0.25, 0.3) is 0 Å². The number of aliphatic hydroxyl groups is 1. The van der Waals surface area contributed by atoms with Gasteiger partial charge >= 0.3 is 5.97 Å². The number of Topliss-reactive ketones (excluding diaryl/α,β-unsaturated/α-hetero) is 1. The molecular weight excluding hydrogens is 312 g/mol. The summed E-state index contributed by atoms with van der Waals surface area (Å²) < 4.78 is 5.20. The molecule has 4 atom stereocenters. The van der Waals surface area contributed by atoms with Gasteiger partial charge in [0.05, 0.1) is 0 Å². The predicted molar refractivity (Wildman–Crippen MR) is 89.4 cm³/mol. The van der Waals surface area contributed by atoms with Gasteiger partial charge in [-0.2, -0.15) is 11.8 Å². The first kappa shape index (κ1) is 16.1. The first-order chi connectivity index (χ1) is 11.0. The van der Waals surface area contributed by atoms with Gasteiger partial charge in [0.2, 0.25) is 0 Å². The lowest BCUT2D eigenvalue weighted by Gasteiger charge is -2.13. The lowest BCUT2D eigenvalue weighted by molar-refractivity contribution is -0.141. The molecule has 1 aliphatic heterocycles. The second kappa shape index (κ2) is 6.40. The summed E-state index contributed by atoms with van der Waals surface area (Å²) in [5.41, 5.74) is 0.969. The minimum absolute atomic E-state index is 0.133. The Morgan fingerprint density at radius 1 is 1.39 bits per heavy atom. The Labute approximate surface area is 139 Å². The first-order valence-electron chi connectivity index (χ1n) is 7.79. The number of hydrogen-bond acceptors (Lipinski definition) is 5. The normalized spacial score (nSPS) is 27.7. The number of thioether (sulfide) groups is 1. The molecule has 1 aromatic carbocycles. The van der Waals surface area contributed by atoms with Gasteiger partial charge in [-0.05, 0) is 24.2 Å². The van der Waals surface area contributed by atoms with E-state index in [0.29, 0.717) is 6.42 Å². The van der Waals surface area contributed by atoms with E-state index in [2.05, 4.69) is 0 Å². The van der Waals surface area contributed by atoms with Crippen LogP contribution in [0.4, 0.5) is 0 Å². The van der Waals surface area contributed by atoms with Crippen molar-refractivity contribution in [1.29, 1.82) is 0 Å². The highest BCUT2D eigenvalue weighted by atomic mass is 32.2. The average Bonchev–Trinajstić information content (AvgIpc) is 3.30.